The van der Waals surface area contributed by atoms with Crippen LogP contribution < -0.4 is 21.6 Å². The van der Waals surface area contributed by atoms with Crippen LogP contribution in [0.1, 0.15) is 111 Å². The molecule has 4 aliphatic rings. The Labute approximate surface area is 362 Å². The smallest absolute Gasteiger partial charge is 0.329 e. The van der Waals surface area contributed by atoms with Gasteiger partial charge in [0.1, 0.15) is 18.1 Å². The van der Waals surface area contributed by atoms with Crippen molar-refractivity contribution in [3.63, 3.8) is 0 Å². The molecule has 3 N–H and O–H groups in total. The predicted molar refractivity (Wildman–Crippen MR) is 229 cm³/mol. The second-order valence-corrected chi connectivity index (χ2v) is 17.6. The lowest BCUT2D eigenvalue weighted by molar-refractivity contribution is -0.135. The number of halogens is 2. The third-order valence-corrected chi connectivity index (χ3v) is 13.1. The number of nitrogens with zero attached hydrogens (tertiary/aromatic N) is 7. The van der Waals surface area contributed by atoms with Crippen LogP contribution in [0.2, 0.25) is 0 Å². The molecule has 1 unspecified atom stereocenters. The van der Waals surface area contributed by atoms with Crippen LogP contribution in [0.4, 0.5) is 20.3 Å². The summed E-state index contributed by atoms with van der Waals surface area (Å²) in [4.78, 5) is 61.6. The molecule has 0 radical (unpaired) electrons. The standard InChI is InChI=1S/C45H54F2N10O6/c1-54-37-21-27(8-11-35(37)57(45(54)61)36-12-13-39(58)52-43(36)60)3-2-20-62-32-15-18-55(19-16-32)24-29-6-9-31(10-7-29)56-25-33(40(53-56)41(46)47)50-42(59)34-26-63-44(51-34)30-14-17-48-38(22-30)49-23-28-4-5-28/h8,11,14,17,21-22,25-26,28-29,31-32,36,41H,2-7,9-10,12-13,15-16,18-20,23-24H2,1H3,(H,48,49)(H,50,59)(H,52,58,60)/t29-,31-,36?. The summed E-state index contributed by atoms with van der Waals surface area (Å²) in [5.41, 5.74) is 2.38. The van der Waals surface area contributed by atoms with E-state index in [-0.39, 0.29) is 47.4 Å². The van der Waals surface area contributed by atoms with E-state index in [1.807, 2.05) is 18.2 Å². The molecule has 0 bridgehead atoms. The molecule has 5 aromatic rings. The summed E-state index contributed by atoms with van der Waals surface area (Å²) in [7, 11) is 1.70. The number of aromatic nitrogens is 6. The fraction of sp³-hybridized carbons (Fsp3) is 0.533. The monoisotopic (exact) mass is 868 g/mol. The van der Waals surface area contributed by atoms with E-state index in [1.165, 1.54) is 29.9 Å². The van der Waals surface area contributed by atoms with Crippen molar-refractivity contribution >= 4 is 40.3 Å². The number of oxazole rings is 1. The summed E-state index contributed by atoms with van der Waals surface area (Å²) in [5.74, 6) is 0.690. The van der Waals surface area contributed by atoms with Gasteiger partial charge in [-0.25, -0.2) is 23.5 Å². The van der Waals surface area contributed by atoms with E-state index in [2.05, 4.69) is 35.9 Å². The summed E-state index contributed by atoms with van der Waals surface area (Å²) in [6, 6.07) is 8.68. The Hall–Kier alpha value is -5.75. The largest absolute Gasteiger partial charge is 0.444 e. The van der Waals surface area contributed by atoms with Gasteiger partial charge in [-0.05, 0) is 112 Å². The number of likely N-dealkylation sites (tertiary alicyclic amines) is 1. The summed E-state index contributed by atoms with van der Waals surface area (Å²) >= 11 is 0. The average molecular weight is 869 g/mol. The lowest BCUT2D eigenvalue weighted by atomic mass is 9.85. The van der Waals surface area contributed by atoms with E-state index in [1.54, 1.807) is 34.6 Å². The van der Waals surface area contributed by atoms with Crippen molar-refractivity contribution < 1.29 is 32.3 Å². The van der Waals surface area contributed by atoms with Gasteiger partial charge in [0, 0.05) is 64.2 Å². The van der Waals surface area contributed by atoms with Crippen molar-refractivity contribution in [2.45, 2.75) is 102 Å². The first kappa shape index (κ1) is 42.5. The van der Waals surface area contributed by atoms with E-state index < -0.39 is 30.0 Å². The highest BCUT2D eigenvalue weighted by Crippen LogP contribution is 2.36. The van der Waals surface area contributed by atoms with Crippen molar-refractivity contribution in [2.24, 2.45) is 18.9 Å². The number of hydrogen-bond donors (Lipinski definition) is 3. The molecule has 4 aromatic heterocycles. The van der Waals surface area contributed by atoms with Gasteiger partial charge in [0.05, 0.1) is 28.9 Å². The van der Waals surface area contributed by atoms with Crippen LogP contribution >= 0.6 is 0 Å². The lowest BCUT2D eigenvalue weighted by Crippen LogP contribution is -2.44. The molecule has 9 rings (SSSR count). The molecule has 334 valence electrons. The third kappa shape index (κ3) is 9.76. The Kier molecular flexibility index (Phi) is 12.5. The second kappa shape index (κ2) is 18.5. The fourth-order valence-electron chi connectivity index (χ4n) is 9.31. The summed E-state index contributed by atoms with van der Waals surface area (Å²) < 4.78 is 44.9. The number of nitrogens with one attached hydrogen (secondary N) is 3. The zero-order chi connectivity index (χ0) is 43.6. The van der Waals surface area contributed by atoms with E-state index in [0.29, 0.717) is 41.8 Å². The SMILES string of the molecule is Cn1c(=O)n(C2CCC(=O)NC2=O)c2ccc(CCCOC3CCN(C[C@H]4CC[C@H](n5cc(NC(=O)c6coc(-c7ccnc(NCC8CC8)c7)n6)c(C(F)F)n5)CC4)CC3)cc21. The number of ether oxygens (including phenoxy) is 1. The third-order valence-electron chi connectivity index (χ3n) is 13.1. The number of pyridine rings is 1. The number of carbonyl (C=O) groups excluding carboxylic acids is 3. The highest BCUT2D eigenvalue weighted by atomic mass is 19.3. The number of amides is 3. The van der Waals surface area contributed by atoms with Gasteiger partial charge in [-0.3, -0.25) is 33.5 Å². The number of piperidine rings is 2. The number of hydrogen-bond acceptors (Lipinski definition) is 11. The zero-order valence-electron chi connectivity index (χ0n) is 35.4. The molecule has 1 atom stereocenters. The first-order chi connectivity index (χ1) is 30.6. The molecule has 2 saturated heterocycles. The van der Waals surface area contributed by atoms with E-state index in [4.69, 9.17) is 9.15 Å². The first-order valence-corrected chi connectivity index (χ1v) is 22.3. The van der Waals surface area contributed by atoms with Crippen LogP contribution in [0.5, 0.6) is 0 Å². The van der Waals surface area contributed by atoms with Crippen LogP contribution in [-0.2, 0) is 27.8 Å². The van der Waals surface area contributed by atoms with Gasteiger partial charge in [0.2, 0.25) is 17.7 Å². The quantitative estimate of drug-likeness (QED) is 0.0735. The maximum Gasteiger partial charge on any atom is 0.329 e. The highest BCUT2D eigenvalue weighted by molar-refractivity contribution is 6.03. The Morgan fingerprint density at radius 3 is 2.54 bits per heavy atom. The predicted octanol–water partition coefficient (Wildman–Crippen LogP) is 6.42. The van der Waals surface area contributed by atoms with Crippen LogP contribution in [0.25, 0.3) is 22.5 Å². The number of carbonyl (C=O) groups is 3. The van der Waals surface area contributed by atoms with Gasteiger partial charge in [-0.15, -0.1) is 0 Å². The van der Waals surface area contributed by atoms with Crippen molar-refractivity contribution in [2.75, 3.05) is 43.4 Å². The number of alkyl halides is 2. The molecule has 2 aliphatic carbocycles. The van der Waals surface area contributed by atoms with E-state index in [0.717, 1.165) is 88.6 Å². The number of aryl methyl sites for hydroxylation is 2. The molecular weight excluding hydrogens is 815 g/mol. The van der Waals surface area contributed by atoms with E-state index >= 15 is 0 Å². The van der Waals surface area contributed by atoms with Gasteiger partial charge in [-0.1, -0.05) is 6.07 Å². The number of benzene rings is 1. The molecule has 0 spiro atoms. The molecule has 6 heterocycles. The van der Waals surface area contributed by atoms with Crippen molar-refractivity contribution in [3.05, 3.63) is 76.4 Å². The average Bonchev–Trinajstić information content (AvgIpc) is 3.70. The molecule has 18 heteroatoms. The fourth-order valence-corrected chi connectivity index (χ4v) is 9.31. The molecule has 2 saturated carbocycles. The number of imide groups is 1. The highest BCUT2D eigenvalue weighted by Gasteiger charge is 2.32. The molecule has 3 amide bonds. The maximum atomic E-state index is 14.2. The Morgan fingerprint density at radius 1 is 0.984 bits per heavy atom. The normalized spacial score (nSPS) is 21.3. The van der Waals surface area contributed by atoms with Crippen LogP contribution in [0.3, 0.4) is 0 Å². The van der Waals surface area contributed by atoms with E-state index in [9.17, 15) is 28.0 Å². The topological polar surface area (TPSA) is 183 Å². The Bertz CT molecular complexity index is 2510. The summed E-state index contributed by atoms with van der Waals surface area (Å²) in [5, 5.41) is 12.5. The lowest BCUT2D eigenvalue weighted by Gasteiger charge is -2.36. The number of imidazole rings is 1. The molecule has 63 heavy (non-hydrogen) atoms. The van der Waals surface area contributed by atoms with Crippen molar-refractivity contribution in [1.82, 2.24) is 39.1 Å². The Morgan fingerprint density at radius 2 is 1.78 bits per heavy atom. The minimum Gasteiger partial charge on any atom is -0.444 e. The summed E-state index contributed by atoms with van der Waals surface area (Å²) in [6.07, 6.45) is 11.8. The minimum absolute atomic E-state index is 0.0261. The Balaban J connectivity index is 0.702. The minimum atomic E-state index is -2.86. The number of fused-ring (bicyclic) bond motifs is 1. The molecule has 4 fully saturated rings. The first-order valence-electron chi connectivity index (χ1n) is 22.3. The molecule has 1 aromatic carbocycles. The van der Waals surface area contributed by atoms with Gasteiger partial charge in [0.25, 0.3) is 12.3 Å². The zero-order valence-corrected chi connectivity index (χ0v) is 35.4. The molecule has 2 aliphatic heterocycles. The molecule has 16 nitrogen and oxygen atoms in total. The summed E-state index contributed by atoms with van der Waals surface area (Å²) in [6.45, 7) is 4.42. The van der Waals surface area contributed by atoms with Crippen molar-refractivity contribution in [3.8, 4) is 11.5 Å². The van der Waals surface area contributed by atoms with Crippen molar-refractivity contribution in [1.29, 1.82) is 0 Å². The van der Waals surface area contributed by atoms with Gasteiger partial charge in [-0.2, -0.15) is 5.10 Å². The van der Waals surface area contributed by atoms with Gasteiger partial charge < -0.3 is 24.7 Å². The van der Waals surface area contributed by atoms with Gasteiger partial charge >= 0.3 is 5.69 Å². The van der Waals surface area contributed by atoms with Crippen LogP contribution in [-0.4, -0.2) is 90.4 Å². The van der Waals surface area contributed by atoms with Gasteiger partial charge in [0.15, 0.2) is 11.4 Å². The van der Waals surface area contributed by atoms with Crippen LogP contribution in [0.15, 0.2) is 58.2 Å². The number of anilines is 2. The second-order valence-electron chi connectivity index (χ2n) is 17.6. The van der Waals surface area contributed by atoms with Crippen LogP contribution in [0, 0.1) is 11.8 Å². The molecular formula is C45H54F2N10O6. The number of rotatable bonds is 16. The maximum absolute atomic E-state index is 14.2.